The van der Waals surface area contributed by atoms with Crippen LogP contribution in [0, 0.1) is 0 Å². The highest BCUT2D eigenvalue weighted by Gasteiger charge is 2.06. The molecule has 2 aromatic carbocycles. The summed E-state index contributed by atoms with van der Waals surface area (Å²) in [6, 6.07) is 16.5. The Kier molecular flexibility index (Phi) is 4.81. The lowest BCUT2D eigenvalue weighted by Gasteiger charge is -2.15. The molecule has 2 rings (SSSR count). The summed E-state index contributed by atoms with van der Waals surface area (Å²) in [5, 5.41) is 4.29. The monoisotopic (exact) mass is 323 g/mol. The minimum Gasteiger partial charge on any atom is -0.306 e. The lowest BCUT2D eigenvalue weighted by molar-refractivity contribution is 0.574. The Balaban J connectivity index is 2.00. The molecule has 0 bridgehead atoms. The Bertz CT molecular complexity index is 527. The van der Waals surface area contributed by atoms with Gasteiger partial charge in [0, 0.05) is 22.1 Å². The summed E-state index contributed by atoms with van der Waals surface area (Å²) in [5.74, 6) is 0. The van der Waals surface area contributed by atoms with Crippen molar-refractivity contribution in [2.24, 2.45) is 0 Å². The third-order valence-electron chi connectivity index (χ3n) is 2.91. The molecule has 0 fully saturated rings. The number of rotatable bonds is 4. The van der Waals surface area contributed by atoms with Crippen LogP contribution in [0.1, 0.15) is 24.1 Å². The molecule has 1 unspecified atom stereocenters. The van der Waals surface area contributed by atoms with Crippen LogP contribution in [0.15, 0.2) is 53.0 Å². The van der Waals surface area contributed by atoms with Crippen molar-refractivity contribution in [2.75, 3.05) is 0 Å². The molecule has 0 heterocycles. The molecule has 0 aliphatic rings. The van der Waals surface area contributed by atoms with Gasteiger partial charge in [-0.15, -0.1) is 0 Å². The minimum atomic E-state index is 0.291. The Morgan fingerprint density at radius 1 is 1.17 bits per heavy atom. The summed E-state index contributed by atoms with van der Waals surface area (Å²) in [5.41, 5.74) is 2.39. The second kappa shape index (κ2) is 6.37. The SMILES string of the molecule is CC(NCc1ccccc1Cl)c1cccc(Br)c1. The molecule has 0 saturated carbocycles. The maximum Gasteiger partial charge on any atom is 0.0450 e. The molecule has 0 radical (unpaired) electrons. The number of hydrogen-bond acceptors (Lipinski definition) is 1. The maximum atomic E-state index is 6.13. The molecule has 1 atom stereocenters. The number of nitrogens with one attached hydrogen (secondary N) is 1. The molecule has 0 spiro atoms. The summed E-state index contributed by atoms with van der Waals surface area (Å²) in [7, 11) is 0. The fourth-order valence-corrected chi connectivity index (χ4v) is 2.42. The van der Waals surface area contributed by atoms with Gasteiger partial charge in [0.1, 0.15) is 0 Å². The van der Waals surface area contributed by atoms with Crippen molar-refractivity contribution in [3.63, 3.8) is 0 Å². The molecule has 0 aliphatic carbocycles. The second-order valence-electron chi connectivity index (χ2n) is 4.25. The van der Waals surface area contributed by atoms with Crippen LogP contribution in [0.3, 0.4) is 0 Å². The second-order valence-corrected chi connectivity index (χ2v) is 5.57. The molecular weight excluding hydrogens is 310 g/mol. The van der Waals surface area contributed by atoms with Crippen molar-refractivity contribution >= 4 is 27.5 Å². The van der Waals surface area contributed by atoms with Gasteiger partial charge in [0.25, 0.3) is 0 Å². The lowest BCUT2D eigenvalue weighted by Crippen LogP contribution is -2.18. The van der Waals surface area contributed by atoms with Crippen molar-refractivity contribution in [3.8, 4) is 0 Å². The highest BCUT2D eigenvalue weighted by molar-refractivity contribution is 9.10. The van der Waals surface area contributed by atoms with E-state index in [4.69, 9.17) is 11.6 Å². The highest BCUT2D eigenvalue weighted by Crippen LogP contribution is 2.20. The van der Waals surface area contributed by atoms with Crippen LogP contribution in [0.2, 0.25) is 5.02 Å². The van der Waals surface area contributed by atoms with E-state index in [1.807, 2.05) is 36.4 Å². The zero-order valence-electron chi connectivity index (χ0n) is 10.2. The smallest absolute Gasteiger partial charge is 0.0450 e. The van der Waals surface area contributed by atoms with Crippen LogP contribution in [0.5, 0.6) is 0 Å². The van der Waals surface area contributed by atoms with E-state index in [9.17, 15) is 0 Å². The van der Waals surface area contributed by atoms with Gasteiger partial charge in [-0.25, -0.2) is 0 Å². The van der Waals surface area contributed by atoms with Crippen LogP contribution >= 0.6 is 27.5 Å². The first-order valence-electron chi connectivity index (χ1n) is 5.89. The van der Waals surface area contributed by atoms with Crippen LogP contribution in [-0.4, -0.2) is 0 Å². The number of benzene rings is 2. The first kappa shape index (κ1) is 13.6. The van der Waals surface area contributed by atoms with Gasteiger partial charge in [0.05, 0.1) is 0 Å². The van der Waals surface area contributed by atoms with Gasteiger partial charge in [0.15, 0.2) is 0 Å². The summed E-state index contributed by atoms with van der Waals surface area (Å²) >= 11 is 9.62. The van der Waals surface area contributed by atoms with Crippen LogP contribution in [0.4, 0.5) is 0 Å². The molecule has 1 N–H and O–H groups in total. The predicted molar refractivity (Wildman–Crippen MR) is 80.8 cm³/mol. The molecule has 1 nitrogen and oxygen atoms in total. The molecule has 2 aromatic rings. The van der Waals surface area contributed by atoms with E-state index < -0.39 is 0 Å². The number of hydrogen-bond donors (Lipinski definition) is 1. The first-order chi connectivity index (χ1) is 8.66. The van der Waals surface area contributed by atoms with E-state index in [2.05, 4.69) is 40.3 Å². The molecule has 0 aliphatic heterocycles. The van der Waals surface area contributed by atoms with Crippen LogP contribution in [0.25, 0.3) is 0 Å². The quantitative estimate of drug-likeness (QED) is 0.838. The van der Waals surface area contributed by atoms with E-state index in [1.165, 1.54) is 5.56 Å². The first-order valence-corrected chi connectivity index (χ1v) is 7.06. The van der Waals surface area contributed by atoms with E-state index in [0.717, 1.165) is 21.6 Å². The van der Waals surface area contributed by atoms with Crippen molar-refractivity contribution in [2.45, 2.75) is 19.5 Å². The molecular formula is C15H15BrClN. The topological polar surface area (TPSA) is 12.0 Å². The summed E-state index contributed by atoms with van der Waals surface area (Å²) in [6.45, 7) is 2.92. The van der Waals surface area contributed by atoms with Gasteiger partial charge in [-0.05, 0) is 36.2 Å². The van der Waals surface area contributed by atoms with E-state index >= 15 is 0 Å². The van der Waals surface area contributed by atoms with E-state index in [0.29, 0.717) is 6.04 Å². The maximum absolute atomic E-state index is 6.13. The van der Waals surface area contributed by atoms with E-state index in [1.54, 1.807) is 0 Å². The average molecular weight is 325 g/mol. The highest BCUT2D eigenvalue weighted by atomic mass is 79.9. The number of halogens is 2. The van der Waals surface area contributed by atoms with Gasteiger partial charge in [-0.1, -0.05) is 57.9 Å². The van der Waals surface area contributed by atoms with E-state index in [-0.39, 0.29) is 0 Å². The fourth-order valence-electron chi connectivity index (χ4n) is 1.80. The largest absolute Gasteiger partial charge is 0.306 e. The minimum absolute atomic E-state index is 0.291. The summed E-state index contributed by atoms with van der Waals surface area (Å²) in [6.07, 6.45) is 0. The van der Waals surface area contributed by atoms with Crippen molar-refractivity contribution in [3.05, 3.63) is 69.2 Å². The fraction of sp³-hybridized carbons (Fsp3) is 0.200. The molecule has 18 heavy (non-hydrogen) atoms. The van der Waals surface area contributed by atoms with Gasteiger partial charge >= 0.3 is 0 Å². The summed E-state index contributed by atoms with van der Waals surface area (Å²) in [4.78, 5) is 0. The molecule has 94 valence electrons. The van der Waals surface area contributed by atoms with Gasteiger partial charge in [-0.3, -0.25) is 0 Å². The lowest BCUT2D eigenvalue weighted by atomic mass is 10.1. The third-order valence-corrected chi connectivity index (χ3v) is 3.77. The molecule has 0 amide bonds. The van der Waals surface area contributed by atoms with Crippen LogP contribution < -0.4 is 5.32 Å². The van der Waals surface area contributed by atoms with Crippen molar-refractivity contribution < 1.29 is 0 Å². The standard InChI is InChI=1S/C15H15BrClN/c1-11(12-6-4-7-14(16)9-12)18-10-13-5-2-3-8-15(13)17/h2-9,11,18H,10H2,1H3. The Hall–Kier alpha value is -0.830. The normalized spacial score (nSPS) is 12.4. The average Bonchev–Trinajstić information content (AvgIpc) is 2.37. The van der Waals surface area contributed by atoms with Crippen molar-refractivity contribution in [1.82, 2.24) is 5.32 Å². The summed E-state index contributed by atoms with van der Waals surface area (Å²) < 4.78 is 1.10. The Labute approximate surface area is 121 Å². The molecule has 3 heteroatoms. The Morgan fingerprint density at radius 2 is 1.94 bits per heavy atom. The Morgan fingerprint density at radius 3 is 2.67 bits per heavy atom. The van der Waals surface area contributed by atoms with Crippen molar-refractivity contribution in [1.29, 1.82) is 0 Å². The zero-order valence-corrected chi connectivity index (χ0v) is 12.5. The third kappa shape index (κ3) is 3.58. The van der Waals surface area contributed by atoms with Crippen LogP contribution in [-0.2, 0) is 6.54 Å². The van der Waals surface area contributed by atoms with Gasteiger partial charge in [-0.2, -0.15) is 0 Å². The van der Waals surface area contributed by atoms with Gasteiger partial charge in [0.2, 0.25) is 0 Å². The zero-order chi connectivity index (χ0) is 13.0. The molecule has 0 saturated heterocycles. The predicted octanol–water partition coefficient (Wildman–Crippen LogP) is 4.95. The molecule has 0 aromatic heterocycles. The van der Waals surface area contributed by atoms with Gasteiger partial charge < -0.3 is 5.32 Å².